The van der Waals surface area contributed by atoms with Gasteiger partial charge < -0.3 is 14.9 Å². The number of rotatable bonds is 5. The minimum atomic E-state index is -0.858. The van der Waals surface area contributed by atoms with Gasteiger partial charge >= 0.3 is 5.97 Å². The van der Waals surface area contributed by atoms with Gasteiger partial charge in [-0.2, -0.15) is 0 Å². The maximum atomic E-state index is 10.5. The average Bonchev–Trinajstić information content (AvgIpc) is 2.39. The number of ether oxygens (including phenoxy) is 1. The zero-order valence-electron chi connectivity index (χ0n) is 10.2. The van der Waals surface area contributed by atoms with Crippen LogP contribution in [-0.2, 0) is 17.8 Å². The summed E-state index contributed by atoms with van der Waals surface area (Å²) in [6, 6.07) is 13.8. The third-order valence-corrected chi connectivity index (χ3v) is 2.66. The summed E-state index contributed by atoms with van der Waals surface area (Å²) in [7, 11) is 0. The van der Waals surface area contributed by atoms with Crippen LogP contribution in [0.5, 0.6) is 11.5 Å². The fourth-order valence-electron chi connectivity index (χ4n) is 1.67. The van der Waals surface area contributed by atoms with Crippen LogP contribution in [0.4, 0.5) is 0 Å². The molecule has 0 saturated carbocycles. The van der Waals surface area contributed by atoms with Gasteiger partial charge in [-0.3, -0.25) is 4.79 Å². The molecule has 2 N–H and O–H groups in total. The highest BCUT2D eigenvalue weighted by Gasteiger charge is 2.03. The summed E-state index contributed by atoms with van der Waals surface area (Å²) in [5.41, 5.74) is 1.43. The Labute approximate surface area is 110 Å². The molecule has 2 aromatic rings. The molecular formula is C15H14O4. The minimum Gasteiger partial charge on any atom is -0.508 e. The first-order valence-corrected chi connectivity index (χ1v) is 5.85. The fourth-order valence-corrected chi connectivity index (χ4v) is 1.67. The number of hydrogen-bond donors (Lipinski definition) is 2. The van der Waals surface area contributed by atoms with Crippen molar-refractivity contribution in [2.75, 3.05) is 0 Å². The first-order valence-electron chi connectivity index (χ1n) is 5.85. The molecule has 0 amide bonds. The quantitative estimate of drug-likeness (QED) is 0.865. The number of hydrogen-bond acceptors (Lipinski definition) is 3. The summed E-state index contributed by atoms with van der Waals surface area (Å²) in [6.07, 6.45) is -0.000245. The summed E-state index contributed by atoms with van der Waals surface area (Å²) >= 11 is 0. The van der Waals surface area contributed by atoms with E-state index in [4.69, 9.17) is 9.84 Å². The molecule has 0 saturated heterocycles. The summed E-state index contributed by atoms with van der Waals surface area (Å²) in [5.74, 6) is -0.0229. The average molecular weight is 258 g/mol. The van der Waals surface area contributed by atoms with E-state index >= 15 is 0 Å². The Morgan fingerprint density at radius 2 is 1.74 bits per heavy atom. The highest BCUT2D eigenvalue weighted by Crippen LogP contribution is 2.19. The number of carbonyl (C=O) groups is 1. The SMILES string of the molecule is O=C(O)Cc1ccc(OCc2ccccc2O)cc1. The number of carboxylic acid groups (broad SMARTS) is 1. The molecule has 0 aliphatic rings. The Hall–Kier alpha value is -2.49. The molecule has 0 fully saturated rings. The largest absolute Gasteiger partial charge is 0.508 e. The predicted octanol–water partition coefficient (Wildman–Crippen LogP) is 2.60. The molecule has 0 bridgehead atoms. The normalized spacial score (nSPS) is 10.1. The van der Waals surface area contributed by atoms with Crippen LogP contribution in [0.1, 0.15) is 11.1 Å². The molecule has 0 aliphatic carbocycles. The minimum absolute atomic E-state index is 0.000245. The molecule has 4 heteroatoms. The third-order valence-electron chi connectivity index (χ3n) is 2.66. The second kappa shape index (κ2) is 5.91. The number of phenolic OH excluding ortho intramolecular Hbond substituents is 1. The Morgan fingerprint density at radius 1 is 1.05 bits per heavy atom. The van der Waals surface area contributed by atoms with E-state index in [1.807, 2.05) is 6.07 Å². The van der Waals surface area contributed by atoms with Crippen molar-refractivity contribution in [3.05, 3.63) is 59.7 Å². The topological polar surface area (TPSA) is 66.8 Å². The van der Waals surface area contributed by atoms with Crippen molar-refractivity contribution in [3.63, 3.8) is 0 Å². The van der Waals surface area contributed by atoms with E-state index in [-0.39, 0.29) is 18.8 Å². The standard InChI is InChI=1S/C15H14O4/c16-14-4-2-1-3-12(14)10-19-13-7-5-11(6-8-13)9-15(17)18/h1-8,16H,9-10H2,(H,17,18). The lowest BCUT2D eigenvalue weighted by Gasteiger charge is -2.08. The number of aromatic hydroxyl groups is 1. The first-order chi connectivity index (χ1) is 9.15. The van der Waals surface area contributed by atoms with Crippen molar-refractivity contribution in [1.29, 1.82) is 0 Å². The molecule has 19 heavy (non-hydrogen) atoms. The fraction of sp³-hybridized carbons (Fsp3) is 0.133. The lowest BCUT2D eigenvalue weighted by molar-refractivity contribution is -0.136. The molecule has 0 aromatic heterocycles. The second-order valence-electron chi connectivity index (χ2n) is 4.13. The smallest absolute Gasteiger partial charge is 0.307 e. The van der Waals surface area contributed by atoms with Gasteiger partial charge in [0.25, 0.3) is 0 Å². The van der Waals surface area contributed by atoms with E-state index < -0.39 is 5.97 Å². The van der Waals surface area contributed by atoms with Crippen molar-refractivity contribution in [2.45, 2.75) is 13.0 Å². The third kappa shape index (κ3) is 3.74. The number of carboxylic acids is 1. The maximum absolute atomic E-state index is 10.5. The molecule has 0 heterocycles. The monoisotopic (exact) mass is 258 g/mol. The molecule has 0 atom stereocenters. The Morgan fingerprint density at radius 3 is 2.37 bits per heavy atom. The lowest BCUT2D eigenvalue weighted by atomic mass is 10.1. The number of para-hydroxylation sites is 1. The zero-order chi connectivity index (χ0) is 13.7. The summed E-state index contributed by atoms with van der Waals surface area (Å²) in [6.45, 7) is 0.269. The predicted molar refractivity (Wildman–Crippen MR) is 70.2 cm³/mol. The van der Waals surface area contributed by atoms with E-state index in [1.165, 1.54) is 0 Å². The van der Waals surface area contributed by atoms with E-state index in [2.05, 4.69) is 0 Å². The molecule has 0 spiro atoms. The Bertz CT molecular complexity index is 561. The lowest BCUT2D eigenvalue weighted by Crippen LogP contribution is -2.00. The number of benzene rings is 2. The number of phenols is 1. The summed E-state index contributed by atoms with van der Waals surface area (Å²) in [4.78, 5) is 10.5. The van der Waals surface area contributed by atoms with E-state index in [0.717, 1.165) is 5.56 Å². The highest BCUT2D eigenvalue weighted by molar-refractivity contribution is 5.70. The van der Waals surface area contributed by atoms with E-state index in [9.17, 15) is 9.90 Å². The van der Waals surface area contributed by atoms with Crippen molar-refractivity contribution < 1.29 is 19.7 Å². The molecule has 0 unspecified atom stereocenters. The molecule has 0 aliphatic heterocycles. The van der Waals surface area contributed by atoms with Crippen molar-refractivity contribution in [3.8, 4) is 11.5 Å². The van der Waals surface area contributed by atoms with Gasteiger partial charge in [0, 0.05) is 5.56 Å². The Balaban J connectivity index is 1.97. The van der Waals surface area contributed by atoms with Crippen LogP contribution >= 0.6 is 0 Å². The van der Waals surface area contributed by atoms with Gasteiger partial charge in [-0.15, -0.1) is 0 Å². The van der Waals surface area contributed by atoms with Crippen molar-refractivity contribution in [1.82, 2.24) is 0 Å². The molecule has 2 aromatic carbocycles. The van der Waals surface area contributed by atoms with Crippen LogP contribution in [0, 0.1) is 0 Å². The van der Waals surface area contributed by atoms with Crippen LogP contribution in [0.15, 0.2) is 48.5 Å². The van der Waals surface area contributed by atoms with Gasteiger partial charge in [0.1, 0.15) is 18.1 Å². The van der Waals surface area contributed by atoms with Crippen LogP contribution in [0.3, 0.4) is 0 Å². The van der Waals surface area contributed by atoms with Crippen LogP contribution in [0.2, 0.25) is 0 Å². The summed E-state index contributed by atoms with van der Waals surface area (Å²) in [5, 5.41) is 18.2. The zero-order valence-corrected chi connectivity index (χ0v) is 10.2. The molecule has 98 valence electrons. The molecular weight excluding hydrogens is 244 g/mol. The van der Waals surface area contributed by atoms with Gasteiger partial charge in [0.2, 0.25) is 0 Å². The highest BCUT2D eigenvalue weighted by atomic mass is 16.5. The van der Waals surface area contributed by atoms with Crippen LogP contribution < -0.4 is 4.74 Å². The van der Waals surface area contributed by atoms with E-state index in [1.54, 1.807) is 42.5 Å². The van der Waals surface area contributed by atoms with Gasteiger partial charge in [-0.1, -0.05) is 30.3 Å². The Kier molecular flexibility index (Phi) is 4.03. The van der Waals surface area contributed by atoms with Gasteiger partial charge in [0.15, 0.2) is 0 Å². The molecule has 4 nitrogen and oxygen atoms in total. The van der Waals surface area contributed by atoms with Gasteiger partial charge in [-0.25, -0.2) is 0 Å². The van der Waals surface area contributed by atoms with Crippen molar-refractivity contribution in [2.24, 2.45) is 0 Å². The van der Waals surface area contributed by atoms with Crippen molar-refractivity contribution >= 4 is 5.97 Å². The molecule has 2 rings (SSSR count). The van der Waals surface area contributed by atoms with E-state index in [0.29, 0.717) is 11.3 Å². The van der Waals surface area contributed by atoms with Gasteiger partial charge in [-0.05, 0) is 23.8 Å². The van der Waals surface area contributed by atoms with Crippen LogP contribution in [0.25, 0.3) is 0 Å². The van der Waals surface area contributed by atoms with Gasteiger partial charge in [0.05, 0.1) is 6.42 Å². The van der Waals surface area contributed by atoms with Crippen LogP contribution in [-0.4, -0.2) is 16.2 Å². The first kappa shape index (κ1) is 13.0. The molecule has 0 radical (unpaired) electrons. The number of aliphatic carboxylic acids is 1. The second-order valence-corrected chi connectivity index (χ2v) is 4.13. The summed E-state index contributed by atoms with van der Waals surface area (Å²) < 4.78 is 5.53. The maximum Gasteiger partial charge on any atom is 0.307 e.